The van der Waals surface area contributed by atoms with E-state index < -0.39 is 0 Å². The van der Waals surface area contributed by atoms with Gasteiger partial charge in [-0.25, -0.2) is 54.8 Å². The molecule has 19 heteroatoms. The first-order chi connectivity index (χ1) is 47.4. The second-order valence-corrected chi connectivity index (χ2v) is 22.1. The van der Waals surface area contributed by atoms with E-state index in [0.717, 1.165) is 105 Å². The van der Waals surface area contributed by atoms with E-state index in [1.54, 1.807) is 74.8 Å². The molecule has 18 rings (SSSR count). The highest BCUT2D eigenvalue weighted by atomic mass is 15.1. The van der Waals surface area contributed by atoms with Crippen molar-refractivity contribution in [3.63, 3.8) is 0 Å². The highest BCUT2D eigenvalue weighted by Crippen LogP contribution is 2.18. The summed E-state index contributed by atoms with van der Waals surface area (Å²) >= 11 is 0. The third-order valence-corrected chi connectivity index (χ3v) is 15.0. The van der Waals surface area contributed by atoms with Crippen LogP contribution in [-0.2, 0) is 0 Å². The van der Waals surface area contributed by atoms with Crippen molar-refractivity contribution in [1.82, 2.24) is 93.5 Å². The van der Waals surface area contributed by atoms with E-state index in [1.165, 1.54) is 33.2 Å². The Balaban J connectivity index is 0.000000118. The molecule has 0 fully saturated rings. The Morgan fingerprint density at radius 1 is 0.278 bits per heavy atom. The Labute approximate surface area is 561 Å². The van der Waals surface area contributed by atoms with Gasteiger partial charge in [-0.05, 0) is 175 Å². The van der Waals surface area contributed by atoms with Crippen LogP contribution >= 0.6 is 0 Å². The van der Waals surface area contributed by atoms with E-state index in [-0.39, 0.29) is 0 Å². The number of para-hydroxylation sites is 3. The number of aryl methyl sites for hydroxylation is 9. The predicted octanol–water partition coefficient (Wildman–Crippen LogP) is 16.2. The number of rotatable bonds is 0. The Morgan fingerprint density at radius 3 is 1.62 bits per heavy atom. The molecule has 0 aliphatic carbocycles. The molecule has 0 aliphatic rings. The van der Waals surface area contributed by atoms with Crippen molar-refractivity contribution in [3.8, 4) is 0 Å². The minimum atomic E-state index is 0.764. The van der Waals surface area contributed by atoms with Crippen LogP contribution in [0.3, 0.4) is 0 Å². The number of aromatic nitrogens is 19. The first kappa shape index (κ1) is 67.1. The van der Waals surface area contributed by atoms with E-state index in [4.69, 9.17) is 0 Å². The van der Waals surface area contributed by atoms with Gasteiger partial charge in [0, 0.05) is 143 Å². The van der Waals surface area contributed by atoms with E-state index in [0.29, 0.717) is 0 Å². The van der Waals surface area contributed by atoms with Gasteiger partial charge in [-0.2, -0.15) is 0 Å². The highest BCUT2D eigenvalue weighted by Gasteiger charge is 2.02. The third-order valence-electron chi connectivity index (χ3n) is 15.0. The quantitative estimate of drug-likeness (QED) is 0.137. The van der Waals surface area contributed by atoms with E-state index in [1.807, 2.05) is 233 Å². The van der Waals surface area contributed by atoms with Gasteiger partial charge in [0.25, 0.3) is 0 Å². The molecule has 97 heavy (non-hydrogen) atoms. The van der Waals surface area contributed by atoms with Gasteiger partial charge in [0.05, 0.1) is 50.0 Å². The zero-order chi connectivity index (χ0) is 67.7. The summed E-state index contributed by atoms with van der Waals surface area (Å²) in [6.07, 6.45) is 34.0. The molecule has 0 N–H and O–H groups in total. The van der Waals surface area contributed by atoms with Crippen LogP contribution in [-0.4, -0.2) is 93.5 Å². The van der Waals surface area contributed by atoms with Gasteiger partial charge in [0.15, 0.2) is 5.65 Å². The van der Waals surface area contributed by atoms with Gasteiger partial charge in [-0.15, -0.1) is 0 Å². The fourth-order valence-corrected chi connectivity index (χ4v) is 10.0. The summed E-state index contributed by atoms with van der Waals surface area (Å²) in [4.78, 5) is 70.2. The lowest BCUT2D eigenvalue weighted by Crippen LogP contribution is -1.85. The van der Waals surface area contributed by atoms with Crippen molar-refractivity contribution in [3.05, 3.63) is 320 Å². The molecule has 14 heterocycles. The minimum absolute atomic E-state index is 0.764. The van der Waals surface area contributed by atoms with Crippen LogP contribution in [0.5, 0.6) is 0 Å². The van der Waals surface area contributed by atoms with Crippen LogP contribution in [0, 0.1) is 62.3 Å². The number of fused-ring (bicyclic) bond motifs is 9. The molecule has 0 amide bonds. The van der Waals surface area contributed by atoms with Gasteiger partial charge in [-0.3, -0.25) is 34.3 Å². The first-order valence-electron chi connectivity index (χ1n) is 31.1. The molecule has 0 atom stereocenters. The normalized spacial score (nSPS) is 10.3. The Morgan fingerprint density at radius 2 is 0.835 bits per heavy atom. The molecule has 18 aromatic rings. The standard InChI is InChI=1S/7C9H8N2.C8H8N2.C7H7N3/c1-7-9-3-4-10-6-8(9)2-5-11-7;1-7-4-6-10-8-3-2-5-11-9(7)8;1-7-4-6-11-9-8(7)3-2-5-10-9;1-7-3-2-4-9-8(7)5-10-6-11-9;1-7-3-2-4-8-5-10-6-11-9(7)8;1-7-3-2-4-8-9(7)11-6-5-10-8;1-7-8-4-2-3-5-9(8)11-6-10-7;1-7-6-10-5-3-2-4-8(10)9-7;1-6-5-10-4-2-3-8-7(10)9-6/h7*2-6H,1H3;2-6H,1H3;2-5H,1H3. The molecule has 0 aliphatic heterocycles. The summed E-state index contributed by atoms with van der Waals surface area (Å²) in [7, 11) is 0. The second kappa shape index (κ2) is 33.7. The maximum Gasteiger partial charge on any atom is 0.233 e. The molecule has 478 valence electrons. The van der Waals surface area contributed by atoms with Crippen LogP contribution in [0.15, 0.2) is 270 Å². The minimum Gasteiger partial charge on any atom is -0.307 e. The summed E-state index contributed by atoms with van der Waals surface area (Å²) in [5, 5.41) is 6.84. The number of nitrogens with zero attached hydrogens (tertiary/aromatic N) is 19. The number of benzene rings is 4. The lowest BCUT2D eigenvalue weighted by molar-refractivity contribution is 1.11. The van der Waals surface area contributed by atoms with Crippen LogP contribution < -0.4 is 0 Å². The molecular weight excluding hydrogens is 1200 g/mol. The largest absolute Gasteiger partial charge is 0.307 e. The van der Waals surface area contributed by atoms with Crippen LogP contribution in [0.1, 0.15) is 50.6 Å². The van der Waals surface area contributed by atoms with Gasteiger partial charge >= 0.3 is 0 Å². The number of hydrogen-bond donors (Lipinski definition) is 0. The number of hydrogen-bond acceptors (Lipinski definition) is 17. The smallest absolute Gasteiger partial charge is 0.233 e. The summed E-state index contributed by atoms with van der Waals surface area (Å²) in [5.74, 6) is 0.764. The van der Waals surface area contributed by atoms with Crippen LogP contribution in [0.25, 0.3) is 88.0 Å². The molecule has 0 unspecified atom stereocenters. The summed E-state index contributed by atoms with van der Waals surface area (Å²) in [5.41, 5.74) is 19.0. The Kier molecular flexibility index (Phi) is 23.3. The number of pyridine rings is 7. The molecule has 4 aromatic carbocycles. The molecule has 19 nitrogen and oxygen atoms in total. The molecule has 0 spiro atoms. The average molecular weight is 1270 g/mol. The van der Waals surface area contributed by atoms with E-state index in [2.05, 4.69) is 118 Å². The summed E-state index contributed by atoms with van der Waals surface area (Å²) in [6.45, 7) is 18.2. The van der Waals surface area contributed by atoms with Crippen molar-refractivity contribution >= 4 is 88.0 Å². The van der Waals surface area contributed by atoms with Crippen molar-refractivity contribution in [2.24, 2.45) is 0 Å². The highest BCUT2D eigenvalue weighted by molar-refractivity contribution is 5.84. The van der Waals surface area contributed by atoms with E-state index in [9.17, 15) is 0 Å². The molecular formula is C78H71N19. The third kappa shape index (κ3) is 18.5. The average Bonchev–Trinajstić information content (AvgIpc) is 2.50. The maximum atomic E-state index is 4.28. The lowest BCUT2D eigenvalue weighted by atomic mass is 10.1. The molecule has 0 radical (unpaired) electrons. The topological polar surface area (TPSA) is 228 Å². The Bertz CT molecular complexity index is 4610. The molecule has 14 aromatic heterocycles. The maximum absolute atomic E-state index is 4.28. The van der Waals surface area contributed by atoms with E-state index >= 15 is 0 Å². The second-order valence-electron chi connectivity index (χ2n) is 22.1. The number of imidazole rings is 2. The molecule has 0 saturated heterocycles. The zero-order valence-electron chi connectivity index (χ0n) is 55.4. The zero-order valence-corrected chi connectivity index (χ0v) is 55.4. The monoisotopic (exact) mass is 1270 g/mol. The van der Waals surface area contributed by atoms with Crippen molar-refractivity contribution in [1.29, 1.82) is 0 Å². The first-order valence-corrected chi connectivity index (χ1v) is 31.1. The fraction of sp³-hybridized carbons (Fsp3) is 0.115. The van der Waals surface area contributed by atoms with Crippen molar-refractivity contribution < 1.29 is 0 Å². The fourth-order valence-electron chi connectivity index (χ4n) is 10.0. The van der Waals surface area contributed by atoms with Crippen molar-refractivity contribution in [2.75, 3.05) is 0 Å². The van der Waals surface area contributed by atoms with Gasteiger partial charge in [0.1, 0.15) is 24.6 Å². The van der Waals surface area contributed by atoms with Crippen molar-refractivity contribution in [2.45, 2.75) is 62.3 Å². The predicted molar refractivity (Wildman–Crippen MR) is 388 cm³/mol. The summed E-state index contributed by atoms with van der Waals surface area (Å²) in [6, 6.07) is 49.7. The molecule has 0 saturated carbocycles. The summed E-state index contributed by atoms with van der Waals surface area (Å²) < 4.78 is 3.91. The van der Waals surface area contributed by atoms with Crippen LogP contribution in [0.4, 0.5) is 0 Å². The SMILES string of the molecule is Cc1cccc2cncnc12.Cc1cccc2nccnc12.Cc1cccc2ncncc12.Cc1ccnc2cccnc12.Cc1ccnc2ncccc12.Cc1cn2ccccc2n1.Cc1cn2cccnc2n1.Cc1nccc2cnccc12.Cc1ncnc2ccccc12. The molecule has 0 bridgehead atoms. The Hall–Kier alpha value is -12.8. The van der Waals surface area contributed by atoms with Gasteiger partial charge in [0.2, 0.25) is 5.78 Å². The lowest BCUT2D eigenvalue weighted by Gasteiger charge is -1.97. The van der Waals surface area contributed by atoms with Gasteiger partial charge < -0.3 is 4.40 Å². The van der Waals surface area contributed by atoms with Crippen LogP contribution in [0.2, 0.25) is 0 Å². The van der Waals surface area contributed by atoms with Gasteiger partial charge in [-0.1, -0.05) is 66.7 Å².